The number of fused-ring (bicyclic) bond motifs is 2. The summed E-state index contributed by atoms with van der Waals surface area (Å²) in [5, 5.41) is 43.1. The van der Waals surface area contributed by atoms with Crippen molar-refractivity contribution in [1.29, 1.82) is 0 Å². The number of non-ortho nitro benzene ring substituents is 1. The van der Waals surface area contributed by atoms with Gasteiger partial charge in [-0.1, -0.05) is 48.5 Å². The van der Waals surface area contributed by atoms with Crippen LogP contribution in [0.25, 0.3) is 21.5 Å². The molecule has 4 aromatic carbocycles. The van der Waals surface area contributed by atoms with Crippen LogP contribution in [0.3, 0.4) is 0 Å². The largest absolute Gasteiger partial charge is 0.506 e. The minimum atomic E-state index is -0.739. The topological polar surface area (TPSA) is 131 Å². The Kier molecular flexibility index (Phi) is 4.32. The molecule has 9 nitrogen and oxygen atoms in total. The zero-order valence-electron chi connectivity index (χ0n) is 14.7. The third-order valence-electron chi connectivity index (χ3n) is 4.50. The minimum Gasteiger partial charge on any atom is -0.506 e. The number of phenols is 1. The summed E-state index contributed by atoms with van der Waals surface area (Å²) in [6.07, 6.45) is 0. The normalized spacial score (nSPS) is 11.3. The molecule has 0 radical (unpaired) electrons. The summed E-state index contributed by atoms with van der Waals surface area (Å²) >= 11 is 0. The third-order valence-corrected chi connectivity index (χ3v) is 4.50. The molecule has 0 aliphatic carbocycles. The molecule has 142 valence electrons. The van der Waals surface area contributed by atoms with E-state index < -0.39 is 15.5 Å². The second-order valence-electron chi connectivity index (χ2n) is 6.18. The summed E-state index contributed by atoms with van der Waals surface area (Å²) in [5.74, 6) is -0.138. The summed E-state index contributed by atoms with van der Waals surface area (Å²) in [5.41, 5.74) is -0.901. The third kappa shape index (κ3) is 3.10. The highest BCUT2D eigenvalue weighted by atomic mass is 16.6. The fourth-order valence-corrected chi connectivity index (χ4v) is 3.17. The van der Waals surface area contributed by atoms with E-state index in [9.17, 15) is 25.3 Å². The molecule has 0 spiro atoms. The summed E-state index contributed by atoms with van der Waals surface area (Å²) < 4.78 is 0. The van der Waals surface area contributed by atoms with Gasteiger partial charge in [0.05, 0.1) is 21.3 Å². The average Bonchev–Trinajstić information content (AvgIpc) is 2.72. The Morgan fingerprint density at radius 1 is 0.690 bits per heavy atom. The van der Waals surface area contributed by atoms with Crippen LogP contribution in [-0.4, -0.2) is 15.0 Å². The molecule has 0 amide bonds. The van der Waals surface area contributed by atoms with Gasteiger partial charge in [0, 0.05) is 10.8 Å². The molecule has 0 aliphatic rings. The first-order valence-electron chi connectivity index (χ1n) is 8.44. The van der Waals surface area contributed by atoms with Crippen LogP contribution in [0, 0.1) is 20.2 Å². The van der Waals surface area contributed by atoms with Gasteiger partial charge in [0.25, 0.3) is 5.69 Å². The summed E-state index contributed by atoms with van der Waals surface area (Å²) in [6, 6.07) is 17.4. The van der Waals surface area contributed by atoms with E-state index in [2.05, 4.69) is 10.2 Å². The molecule has 0 bridgehead atoms. The molecular formula is C20H12N4O5. The van der Waals surface area contributed by atoms with Crippen LogP contribution in [-0.2, 0) is 0 Å². The summed E-state index contributed by atoms with van der Waals surface area (Å²) in [4.78, 5) is 21.5. The number of benzene rings is 4. The maximum atomic E-state index is 11.6. The smallest absolute Gasteiger partial charge is 0.304 e. The maximum absolute atomic E-state index is 11.6. The maximum Gasteiger partial charge on any atom is 0.304 e. The fourth-order valence-electron chi connectivity index (χ4n) is 3.17. The Morgan fingerprint density at radius 2 is 1.28 bits per heavy atom. The molecule has 0 saturated carbocycles. The Bertz CT molecular complexity index is 1330. The first kappa shape index (κ1) is 18.0. The van der Waals surface area contributed by atoms with Crippen LogP contribution in [0.5, 0.6) is 5.75 Å². The van der Waals surface area contributed by atoms with Gasteiger partial charge in [0.2, 0.25) is 0 Å². The highest BCUT2D eigenvalue weighted by Gasteiger charge is 2.25. The molecule has 29 heavy (non-hydrogen) atoms. The van der Waals surface area contributed by atoms with Gasteiger partial charge in [0.15, 0.2) is 5.69 Å². The van der Waals surface area contributed by atoms with Crippen molar-refractivity contribution in [2.45, 2.75) is 0 Å². The molecule has 1 N–H and O–H groups in total. The number of nitrogens with zero attached hydrogens (tertiary/aromatic N) is 4. The van der Waals surface area contributed by atoms with E-state index >= 15 is 0 Å². The second kappa shape index (κ2) is 6.97. The van der Waals surface area contributed by atoms with E-state index in [4.69, 9.17) is 0 Å². The van der Waals surface area contributed by atoms with Gasteiger partial charge in [-0.3, -0.25) is 20.2 Å². The zero-order valence-corrected chi connectivity index (χ0v) is 14.7. The van der Waals surface area contributed by atoms with Crippen molar-refractivity contribution in [1.82, 2.24) is 0 Å². The fraction of sp³-hybridized carbons (Fsp3) is 0. The van der Waals surface area contributed by atoms with Crippen LogP contribution in [0.15, 0.2) is 77.0 Å². The second-order valence-corrected chi connectivity index (χ2v) is 6.18. The highest BCUT2D eigenvalue weighted by Crippen LogP contribution is 2.43. The lowest BCUT2D eigenvalue weighted by Gasteiger charge is -2.06. The Balaban J connectivity index is 1.99. The summed E-state index contributed by atoms with van der Waals surface area (Å²) in [6.45, 7) is 0. The van der Waals surface area contributed by atoms with Gasteiger partial charge in [-0.2, -0.15) is 0 Å². The molecule has 0 aliphatic heterocycles. The monoisotopic (exact) mass is 388 g/mol. The molecule has 0 unspecified atom stereocenters. The zero-order chi connectivity index (χ0) is 20.5. The molecule has 4 aromatic rings. The van der Waals surface area contributed by atoms with Crippen LogP contribution in [0.1, 0.15) is 0 Å². The van der Waals surface area contributed by atoms with Gasteiger partial charge < -0.3 is 5.11 Å². The first-order chi connectivity index (χ1) is 14.0. The van der Waals surface area contributed by atoms with Crippen LogP contribution in [0.4, 0.5) is 22.7 Å². The molecule has 0 heterocycles. The predicted octanol–water partition coefficient (Wildman–Crippen LogP) is 5.93. The van der Waals surface area contributed by atoms with Crippen molar-refractivity contribution >= 4 is 44.3 Å². The van der Waals surface area contributed by atoms with Crippen LogP contribution >= 0.6 is 0 Å². The van der Waals surface area contributed by atoms with E-state index in [0.29, 0.717) is 5.39 Å². The van der Waals surface area contributed by atoms with E-state index in [1.165, 1.54) is 18.2 Å². The van der Waals surface area contributed by atoms with Gasteiger partial charge in [-0.25, -0.2) is 0 Å². The van der Waals surface area contributed by atoms with Crippen molar-refractivity contribution in [3.8, 4) is 5.75 Å². The quantitative estimate of drug-likeness (QED) is 0.263. The average molecular weight is 388 g/mol. The van der Waals surface area contributed by atoms with Gasteiger partial charge in [-0.05, 0) is 17.5 Å². The van der Waals surface area contributed by atoms with Crippen molar-refractivity contribution in [2.75, 3.05) is 0 Å². The lowest BCUT2D eigenvalue weighted by molar-refractivity contribution is -0.392. The molecular weight excluding hydrogens is 376 g/mol. The number of phenolic OH excluding ortho intramolecular Hbond substituents is 1. The number of azo groups is 1. The molecule has 9 heteroatoms. The van der Waals surface area contributed by atoms with Crippen LogP contribution in [0.2, 0.25) is 0 Å². The standard InChI is InChI=1S/C20H12N4O5/c25-18-10-9-12-5-1-2-6-13(12)20(18)22-21-19-15-8-4-3-7-14(15)16(23(26)27)11-17(19)24(28)29/h1-11,25H. The Labute approximate surface area is 162 Å². The lowest BCUT2D eigenvalue weighted by Crippen LogP contribution is -1.95. The van der Waals surface area contributed by atoms with Crippen molar-refractivity contribution in [3.63, 3.8) is 0 Å². The first-order valence-corrected chi connectivity index (χ1v) is 8.44. The van der Waals surface area contributed by atoms with Crippen molar-refractivity contribution < 1.29 is 15.0 Å². The van der Waals surface area contributed by atoms with Crippen molar-refractivity contribution in [3.05, 3.63) is 87.0 Å². The number of nitro benzene ring substituents is 2. The highest BCUT2D eigenvalue weighted by molar-refractivity contribution is 6.02. The lowest BCUT2D eigenvalue weighted by atomic mass is 10.1. The molecule has 0 aromatic heterocycles. The number of hydrogen-bond donors (Lipinski definition) is 1. The molecule has 0 fully saturated rings. The Morgan fingerprint density at radius 3 is 1.97 bits per heavy atom. The van der Waals surface area contributed by atoms with E-state index in [-0.39, 0.29) is 33.6 Å². The number of hydrogen-bond acceptors (Lipinski definition) is 7. The van der Waals surface area contributed by atoms with Gasteiger partial charge >= 0.3 is 5.69 Å². The number of nitro groups is 2. The molecule has 0 atom stereocenters. The minimum absolute atomic E-state index is 0.122. The van der Waals surface area contributed by atoms with E-state index in [0.717, 1.165) is 11.5 Å². The SMILES string of the molecule is O=[N+]([O-])c1cc([N+](=O)[O-])c2ccccc2c1N=Nc1c(O)ccc2ccccc12. The summed E-state index contributed by atoms with van der Waals surface area (Å²) in [7, 11) is 0. The van der Waals surface area contributed by atoms with Crippen LogP contribution < -0.4 is 0 Å². The predicted molar refractivity (Wildman–Crippen MR) is 107 cm³/mol. The van der Waals surface area contributed by atoms with Gasteiger partial charge in [-0.15, -0.1) is 10.2 Å². The number of aromatic hydroxyl groups is 1. The van der Waals surface area contributed by atoms with Gasteiger partial charge in [0.1, 0.15) is 11.4 Å². The van der Waals surface area contributed by atoms with E-state index in [1.807, 2.05) is 12.1 Å². The molecule has 4 rings (SSSR count). The van der Waals surface area contributed by atoms with Crippen molar-refractivity contribution in [2.24, 2.45) is 10.2 Å². The Hall–Kier alpha value is -4.40. The molecule has 0 saturated heterocycles. The van der Waals surface area contributed by atoms with E-state index in [1.54, 1.807) is 30.3 Å². The number of rotatable bonds is 4.